The molecule has 4 aromatic rings. The minimum Gasteiger partial charge on any atom is -0.493 e. The van der Waals surface area contributed by atoms with E-state index < -0.39 is 5.69 Å². The van der Waals surface area contributed by atoms with Crippen molar-refractivity contribution in [3.05, 3.63) is 93.9 Å². The van der Waals surface area contributed by atoms with Crippen molar-refractivity contribution in [1.82, 2.24) is 15.0 Å². The minimum atomic E-state index is -0.452. The van der Waals surface area contributed by atoms with E-state index in [0.29, 0.717) is 18.4 Å². The molecular weight excluding hydrogens is 414 g/mol. The normalized spacial score (nSPS) is 12.2. The SMILES string of the molecule is Cc1cccc(-c2ccccc2)c1Nc1nc(N(C)Cc2ccc3c(c2)CCO3)nc(=O)[nH]1. The van der Waals surface area contributed by atoms with Crippen molar-refractivity contribution >= 4 is 17.6 Å². The Morgan fingerprint density at radius 2 is 1.91 bits per heavy atom. The first kappa shape index (κ1) is 20.8. The van der Waals surface area contributed by atoms with E-state index in [1.165, 1.54) is 5.56 Å². The molecule has 1 aromatic heterocycles. The van der Waals surface area contributed by atoms with Gasteiger partial charge in [0.15, 0.2) is 0 Å². The third-order valence-corrected chi connectivity index (χ3v) is 5.75. The average Bonchev–Trinajstić information content (AvgIpc) is 3.28. The molecule has 0 amide bonds. The quantitative estimate of drug-likeness (QED) is 0.462. The van der Waals surface area contributed by atoms with Gasteiger partial charge in [0.05, 0.1) is 12.3 Å². The van der Waals surface area contributed by atoms with Crippen molar-refractivity contribution in [1.29, 1.82) is 0 Å². The Labute approximate surface area is 192 Å². The van der Waals surface area contributed by atoms with Gasteiger partial charge in [-0.25, -0.2) is 4.79 Å². The third kappa shape index (κ3) is 4.43. The monoisotopic (exact) mass is 439 g/mol. The average molecular weight is 440 g/mol. The number of anilines is 3. The summed E-state index contributed by atoms with van der Waals surface area (Å²) in [4.78, 5) is 25.6. The zero-order valence-electron chi connectivity index (χ0n) is 18.6. The number of aromatic amines is 1. The van der Waals surface area contributed by atoms with Gasteiger partial charge >= 0.3 is 5.69 Å². The van der Waals surface area contributed by atoms with Crippen LogP contribution in [-0.2, 0) is 13.0 Å². The molecule has 1 aliphatic rings. The van der Waals surface area contributed by atoms with Crippen molar-refractivity contribution < 1.29 is 4.74 Å². The van der Waals surface area contributed by atoms with Gasteiger partial charge in [0.25, 0.3) is 0 Å². The van der Waals surface area contributed by atoms with Gasteiger partial charge in [-0.2, -0.15) is 9.97 Å². The summed E-state index contributed by atoms with van der Waals surface area (Å²) in [6, 6.07) is 22.4. The fourth-order valence-electron chi connectivity index (χ4n) is 4.10. The molecule has 5 rings (SSSR count). The molecule has 33 heavy (non-hydrogen) atoms. The number of aryl methyl sites for hydroxylation is 1. The zero-order valence-corrected chi connectivity index (χ0v) is 18.6. The van der Waals surface area contributed by atoms with E-state index in [2.05, 4.69) is 44.5 Å². The standard InChI is InChI=1S/C26H25N5O2/c1-17-7-6-10-21(19-8-4-3-5-9-19)23(17)27-24-28-25(30-26(32)29-24)31(2)16-18-11-12-22-20(15-18)13-14-33-22/h3-12,15H,13-14,16H2,1-2H3,(H2,27,28,29,30,32). The zero-order chi connectivity index (χ0) is 22.8. The van der Waals surface area contributed by atoms with Gasteiger partial charge in [-0.3, -0.25) is 4.98 Å². The second-order valence-electron chi connectivity index (χ2n) is 8.19. The molecule has 0 saturated carbocycles. The first-order valence-electron chi connectivity index (χ1n) is 10.9. The number of hydrogen-bond acceptors (Lipinski definition) is 6. The number of nitrogens with one attached hydrogen (secondary N) is 2. The van der Waals surface area contributed by atoms with Crippen LogP contribution < -0.4 is 20.6 Å². The van der Waals surface area contributed by atoms with E-state index in [0.717, 1.165) is 46.7 Å². The van der Waals surface area contributed by atoms with Crippen molar-refractivity contribution in [2.45, 2.75) is 19.9 Å². The van der Waals surface area contributed by atoms with E-state index in [1.54, 1.807) is 0 Å². The van der Waals surface area contributed by atoms with Gasteiger partial charge in [-0.05, 0) is 35.2 Å². The van der Waals surface area contributed by atoms with Crippen LogP contribution in [0.3, 0.4) is 0 Å². The fourth-order valence-corrected chi connectivity index (χ4v) is 4.10. The molecule has 0 radical (unpaired) electrons. The van der Waals surface area contributed by atoms with E-state index >= 15 is 0 Å². The number of aromatic nitrogens is 3. The second-order valence-corrected chi connectivity index (χ2v) is 8.19. The summed E-state index contributed by atoms with van der Waals surface area (Å²) < 4.78 is 5.59. The molecule has 2 N–H and O–H groups in total. The highest BCUT2D eigenvalue weighted by Crippen LogP contribution is 2.32. The Kier molecular flexibility index (Phi) is 5.52. The molecular formula is C26H25N5O2. The maximum absolute atomic E-state index is 12.4. The van der Waals surface area contributed by atoms with Gasteiger partial charge in [-0.1, -0.05) is 60.7 Å². The van der Waals surface area contributed by atoms with Crippen LogP contribution in [0.2, 0.25) is 0 Å². The smallest absolute Gasteiger partial charge is 0.351 e. The summed E-state index contributed by atoms with van der Waals surface area (Å²) >= 11 is 0. The van der Waals surface area contributed by atoms with Crippen molar-refractivity contribution in [2.75, 3.05) is 23.9 Å². The highest BCUT2D eigenvalue weighted by atomic mass is 16.5. The lowest BCUT2D eigenvalue weighted by Gasteiger charge is -2.19. The molecule has 2 heterocycles. The lowest BCUT2D eigenvalue weighted by molar-refractivity contribution is 0.357. The molecule has 0 fully saturated rings. The summed E-state index contributed by atoms with van der Waals surface area (Å²) in [5.74, 6) is 1.66. The summed E-state index contributed by atoms with van der Waals surface area (Å²) in [5, 5.41) is 3.32. The molecule has 7 nitrogen and oxygen atoms in total. The van der Waals surface area contributed by atoms with Crippen LogP contribution in [0.5, 0.6) is 5.75 Å². The summed E-state index contributed by atoms with van der Waals surface area (Å²) in [7, 11) is 1.88. The van der Waals surface area contributed by atoms with Gasteiger partial charge in [0.1, 0.15) is 5.75 Å². The molecule has 0 saturated heterocycles. The lowest BCUT2D eigenvalue weighted by atomic mass is 10.0. The number of H-pyrrole nitrogens is 1. The van der Waals surface area contributed by atoms with E-state index in [4.69, 9.17) is 4.74 Å². The largest absolute Gasteiger partial charge is 0.493 e. The van der Waals surface area contributed by atoms with Crippen molar-refractivity contribution in [3.63, 3.8) is 0 Å². The minimum absolute atomic E-state index is 0.352. The number of nitrogens with zero attached hydrogens (tertiary/aromatic N) is 3. The highest BCUT2D eigenvalue weighted by molar-refractivity contribution is 5.82. The molecule has 0 atom stereocenters. The summed E-state index contributed by atoms with van der Waals surface area (Å²) in [5.41, 5.74) is 5.93. The molecule has 0 unspecified atom stereocenters. The van der Waals surface area contributed by atoms with Crippen molar-refractivity contribution in [2.24, 2.45) is 0 Å². The number of ether oxygens (including phenoxy) is 1. The maximum Gasteiger partial charge on any atom is 0.351 e. The Morgan fingerprint density at radius 1 is 1.06 bits per heavy atom. The van der Waals surface area contributed by atoms with Crippen LogP contribution in [0, 0.1) is 6.92 Å². The van der Waals surface area contributed by atoms with Crippen LogP contribution in [0.25, 0.3) is 11.1 Å². The molecule has 7 heteroatoms. The second kappa shape index (κ2) is 8.78. The van der Waals surface area contributed by atoms with Crippen LogP contribution >= 0.6 is 0 Å². The summed E-state index contributed by atoms with van der Waals surface area (Å²) in [6.07, 6.45) is 0.919. The van der Waals surface area contributed by atoms with Crippen LogP contribution in [0.15, 0.2) is 71.5 Å². The number of rotatable bonds is 6. The van der Waals surface area contributed by atoms with E-state index in [1.807, 2.05) is 61.3 Å². The maximum atomic E-state index is 12.4. The third-order valence-electron chi connectivity index (χ3n) is 5.75. The lowest BCUT2D eigenvalue weighted by Crippen LogP contribution is -2.25. The molecule has 1 aliphatic heterocycles. The summed E-state index contributed by atoms with van der Waals surface area (Å²) in [6.45, 7) is 3.33. The number of para-hydroxylation sites is 1. The van der Waals surface area contributed by atoms with Gasteiger partial charge in [-0.15, -0.1) is 0 Å². The Bertz CT molecular complexity index is 1350. The van der Waals surface area contributed by atoms with Crippen LogP contribution in [0.4, 0.5) is 17.6 Å². The van der Waals surface area contributed by atoms with Crippen LogP contribution in [0.1, 0.15) is 16.7 Å². The Morgan fingerprint density at radius 3 is 2.76 bits per heavy atom. The number of benzene rings is 3. The predicted molar refractivity (Wildman–Crippen MR) is 130 cm³/mol. The first-order chi connectivity index (χ1) is 16.1. The van der Waals surface area contributed by atoms with Crippen LogP contribution in [-0.4, -0.2) is 28.6 Å². The van der Waals surface area contributed by atoms with Gasteiger partial charge < -0.3 is 15.0 Å². The molecule has 0 aliphatic carbocycles. The molecule has 166 valence electrons. The van der Waals surface area contributed by atoms with E-state index in [-0.39, 0.29) is 0 Å². The number of hydrogen-bond donors (Lipinski definition) is 2. The topological polar surface area (TPSA) is 83.1 Å². The van der Waals surface area contributed by atoms with Gasteiger partial charge in [0.2, 0.25) is 11.9 Å². The Balaban J connectivity index is 1.43. The van der Waals surface area contributed by atoms with Crippen molar-refractivity contribution in [3.8, 4) is 16.9 Å². The van der Waals surface area contributed by atoms with E-state index in [9.17, 15) is 4.79 Å². The highest BCUT2D eigenvalue weighted by Gasteiger charge is 2.15. The molecule has 3 aromatic carbocycles. The number of fused-ring (bicyclic) bond motifs is 1. The molecule has 0 spiro atoms. The fraction of sp³-hybridized carbons (Fsp3) is 0.192. The first-order valence-corrected chi connectivity index (χ1v) is 10.9. The Hall–Kier alpha value is -4.13. The predicted octanol–water partition coefficient (Wildman–Crippen LogP) is 4.46. The molecule has 0 bridgehead atoms. The van der Waals surface area contributed by atoms with Gasteiger partial charge in [0, 0.05) is 25.6 Å².